The summed E-state index contributed by atoms with van der Waals surface area (Å²) in [5.74, 6) is 0.920. The van der Waals surface area contributed by atoms with Gasteiger partial charge in [0.25, 0.3) is 0 Å². The van der Waals surface area contributed by atoms with E-state index in [1.54, 1.807) is 0 Å². The molecule has 0 spiro atoms. The predicted octanol–water partition coefficient (Wildman–Crippen LogP) is 3.96. The Morgan fingerprint density at radius 1 is 1.08 bits per heavy atom. The number of hydrogen-bond acceptors (Lipinski definition) is 3. The van der Waals surface area contributed by atoms with Crippen molar-refractivity contribution in [1.82, 2.24) is 5.32 Å². The normalized spacial score (nSPS) is 11.7. The van der Waals surface area contributed by atoms with Crippen LogP contribution in [0.15, 0.2) is 48.5 Å². The Kier molecular flexibility index (Phi) is 6.87. The minimum Gasteiger partial charge on any atom is -0.494 e. The van der Waals surface area contributed by atoms with E-state index in [4.69, 9.17) is 4.74 Å². The van der Waals surface area contributed by atoms with Crippen LogP contribution in [-0.2, 0) is 11.2 Å². The van der Waals surface area contributed by atoms with Crippen LogP contribution in [0.2, 0.25) is 0 Å². The molecule has 134 valence electrons. The molecule has 4 nitrogen and oxygen atoms in total. The van der Waals surface area contributed by atoms with Crippen molar-refractivity contribution < 1.29 is 9.53 Å². The summed E-state index contributed by atoms with van der Waals surface area (Å²) in [6, 6.07) is 16.2. The third-order valence-electron chi connectivity index (χ3n) is 4.16. The summed E-state index contributed by atoms with van der Waals surface area (Å²) in [6.45, 7) is 4.62. The Labute approximate surface area is 150 Å². The molecular formula is C21H28N2O2. The summed E-state index contributed by atoms with van der Waals surface area (Å²) in [6.07, 6.45) is 1.23. The molecule has 0 aromatic heterocycles. The third-order valence-corrected chi connectivity index (χ3v) is 4.16. The van der Waals surface area contributed by atoms with Crippen LogP contribution in [0.25, 0.3) is 0 Å². The maximum Gasteiger partial charge on any atom is 0.220 e. The van der Waals surface area contributed by atoms with E-state index in [9.17, 15) is 4.79 Å². The van der Waals surface area contributed by atoms with Crippen molar-refractivity contribution in [2.45, 2.75) is 32.7 Å². The van der Waals surface area contributed by atoms with Gasteiger partial charge in [0.1, 0.15) is 5.75 Å². The van der Waals surface area contributed by atoms with E-state index in [1.807, 2.05) is 52.2 Å². The SMILES string of the molecule is CCOc1ccc([C@@H](C)NC(=O)CCc2ccc(N(C)C)cc2)cc1. The Balaban J connectivity index is 1.82. The van der Waals surface area contributed by atoms with Crippen LogP contribution in [0.4, 0.5) is 5.69 Å². The lowest BCUT2D eigenvalue weighted by atomic mass is 10.1. The number of nitrogens with zero attached hydrogens (tertiary/aromatic N) is 1. The van der Waals surface area contributed by atoms with E-state index < -0.39 is 0 Å². The van der Waals surface area contributed by atoms with E-state index in [1.165, 1.54) is 5.56 Å². The third kappa shape index (κ3) is 5.82. The Hall–Kier alpha value is -2.49. The molecule has 0 radical (unpaired) electrons. The molecule has 0 saturated heterocycles. The van der Waals surface area contributed by atoms with Crippen LogP contribution in [0, 0.1) is 0 Å². The van der Waals surface area contributed by atoms with Gasteiger partial charge in [-0.25, -0.2) is 0 Å². The summed E-state index contributed by atoms with van der Waals surface area (Å²) < 4.78 is 5.44. The molecule has 4 heteroatoms. The van der Waals surface area contributed by atoms with Gasteiger partial charge in [-0.2, -0.15) is 0 Å². The largest absolute Gasteiger partial charge is 0.494 e. The van der Waals surface area contributed by atoms with Gasteiger partial charge in [0.05, 0.1) is 12.6 Å². The summed E-state index contributed by atoms with van der Waals surface area (Å²) in [4.78, 5) is 14.3. The van der Waals surface area contributed by atoms with Crippen LogP contribution in [-0.4, -0.2) is 26.6 Å². The fraction of sp³-hybridized carbons (Fsp3) is 0.381. The van der Waals surface area contributed by atoms with Crippen LogP contribution < -0.4 is 15.0 Å². The Morgan fingerprint density at radius 3 is 2.28 bits per heavy atom. The summed E-state index contributed by atoms with van der Waals surface area (Å²) >= 11 is 0. The number of ether oxygens (including phenoxy) is 1. The van der Waals surface area contributed by atoms with E-state index in [0.29, 0.717) is 13.0 Å². The fourth-order valence-electron chi connectivity index (χ4n) is 2.64. The van der Waals surface area contributed by atoms with Gasteiger partial charge in [-0.15, -0.1) is 0 Å². The minimum absolute atomic E-state index is 0.0145. The first-order valence-electron chi connectivity index (χ1n) is 8.78. The van der Waals surface area contributed by atoms with E-state index in [2.05, 4.69) is 34.5 Å². The number of anilines is 1. The van der Waals surface area contributed by atoms with Crippen LogP contribution in [0.3, 0.4) is 0 Å². The maximum atomic E-state index is 12.2. The van der Waals surface area contributed by atoms with Gasteiger partial charge in [-0.1, -0.05) is 24.3 Å². The first-order chi connectivity index (χ1) is 12.0. The van der Waals surface area contributed by atoms with Crippen LogP contribution in [0.5, 0.6) is 5.75 Å². The molecular weight excluding hydrogens is 312 g/mol. The van der Waals surface area contributed by atoms with Gasteiger partial charge in [0.2, 0.25) is 5.91 Å². The Bertz CT molecular complexity index is 663. The highest BCUT2D eigenvalue weighted by atomic mass is 16.5. The van der Waals surface area contributed by atoms with Gasteiger partial charge in [-0.3, -0.25) is 4.79 Å². The molecule has 1 atom stereocenters. The number of carbonyl (C=O) groups excluding carboxylic acids is 1. The molecule has 0 fully saturated rings. The van der Waals surface area contributed by atoms with Gasteiger partial charge < -0.3 is 15.0 Å². The average Bonchev–Trinajstić information content (AvgIpc) is 2.61. The fourth-order valence-corrected chi connectivity index (χ4v) is 2.64. The van der Waals surface area contributed by atoms with Crippen molar-refractivity contribution in [3.8, 4) is 5.75 Å². The molecule has 0 unspecified atom stereocenters. The molecule has 0 aliphatic carbocycles. The average molecular weight is 340 g/mol. The minimum atomic E-state index is -0.0145. The zero-order chi connectivity index (χ0) is 18.2. The number of carbonyl (C=O) groups is 1. The first-order valence-corrected chi connectivity index (χ1v) is 8.78. The van der Waals surface area contributed by atoms with Gasteiger partial charge in [0, 0.05) is 26.2 Å². The molecule has 1 N–H and O–H groups in total. The molecule has 1 amide bonds. The second-order valence-corrected chi connectivity index (χ2v) is 6.35. The highest BCUT2D eigenvalue weighted by molar-refractivity contribution is 5.76. The molecule has 0 aliphatic rings. The van der Waals surface area contributed by atoms with Gasteiger partial charge in [0.15, 0.2) is 0 Å². The Morgan fingerprint density at radius 2 is 1.72 bits per heavy atom. The lowest BCUT2D eigenvalue weighted by molar-refractivity contribution is -0.121. The number of aryl methyl sites for hydroxylation is 1. The lowest BCUT2D eigenvalue weighted by Gasteiger charge is -2.15. The summed E-state index contributed by atoms with van der Waals surface area (Å²) in [5.41, 5.74) is 3.42. The maximum absolute atomic E-state index is 12.2. The zero-order valence-corrected chi connectivity index (χ0v) is 15.6. The molecule has 0 bridgehead atoms. The molecule has 2 aromatic rings. The van der Waals surface area contributed by atoms with E-state index in [-0.39, 0.29) is 11.9 Å². The summed E-state index contributed by atoms with van der Waals surface area (Å²) in [7, 11) is 4.04. The van der Waals surface area contributed by atoms with Crippen LogP contribution in [0.1, 0.15) is 37.4 Å². The number of hydrogen-bond donors (Lipinski definition) is 1. The van der Waals surface area contributed by atoms with Crippen molar-refractivity contribution in [3.05, 3.63) is 59.7 Å². The highest BCUT2D eigenvalue weighted by Crippen LogP contribution is 2.18. The van der Waals surface area contributed by atoms with Crippen molar-refractivity contribution in [3.63, 3.8) is 0 Å². The molecule has 0 aliphatic heterocycles. The molecule has 25 heavy (non-hydrogen) atoms. The second kappa shape index (κ2) is 9.11. The quantitative estimate of drug-likeness (QED) is 0.791. The molecule has 2 rings (SSSR count). The predicted molar refractivity (Wildman–Crippen MR) is 103 cm³/mol. The van der Waals surface area contributed by atoms with E-state index >= 15 is 0 Å². The topological polar surface area (TPSA) is 41.6 Å². The number of benzene rings is 2. The number of nitrogens with one attached hydrogen (secondary N) is 1. The van der Waals surface area contributed by atoms with Crippen molar-refractivity contribution in [1.29, 1.82) is 0 Å². The van der Waals surface area contributed by atoms with Crippen molar-refractivity contribution >= 4 is 11.6 Å². The van der Waals surface area contributed by atoms with Crippen molar-refractivity contribution in [2.75, 3.05) is 25.6 Å². The van der Waals surface area contributed by atoms with Crippen LogP contribution >= 0.6 is 0 Å². The summed E-state index contributed by atoms with van der Waals surface area (Å²) in [5, 5.41) is 3.06. The van der Waals surface area contributed by atoms with Gasteiger partial charge >= 0.3 is 0 Å². The monoisotopic (exact) mass is 340 g/mol. The van der Waals surface area contributed by atoms with Gasteiger partial charge in [-0.05, 0) is 55.7 Å². The second-order valence-electron chi connectivity index (χ2n) is 6.35. The van der Waals surface area contributed by atoms with Crippen molar-refractivity contribution in [2.24, 2.45) is 0 Å². The smallest absolute Gasteiger partial charge is 0.220 e. The molecule has 2 aromatic carbocycles. The highest BCUT2D eigenvalue weighted by Gasteiger charge is 2.10. The number of rotatable bonds is 8. The van der Waals surface area contributed by atoms with E-state index in [0.717, 1.165) is 23.4 Å². The standard InChI is InChI=1S/C21H28N2O2/c1-5-25-20-13-9-18(10-14-20)16(2)22-21(24)15-8-17-6-11-19(12-7-17)23(3)4/h6-7,9-14,16H,5,8,15H2,1-4H3,(H,22,24)/t16-/m1/s1. The molecule has 0 heterocycles. The number of amides is 1. The first kappa shape index (κ1) is 18.8. The molecule has 0 saturated carbocycles. The lowest BCUT2D eigenvalue weighted by Crippen LogP contribution is -2.26. The zero-order valence-electron chi connectivity index (χ0n) is 15.6.